The Morgan fingerprint density at radius 3 is 3.00 bits per heavy atom. The van der Waals surface area contributed by atoms with E-state index in [2.05, 4.69) is 20.3 Å². The van der Waals surface area contributed by atoms with Gasteiger partial charge in [-0.2, -0.15) is 9.61 Å². The van der Waals surface area contributed by atoms with E-state index in [0.29, 0.717) is 11.4 Å². The minimum atomic E-state index is 0.616. The average molecular weight is 232 g/mol. The summed E-state index contributed by atoms with van der Waals surface area (Å²) in [6.45, 7) is 1.85. The number of pyridine rings is 1. The minimum absolute atomic E-state index is 0.616. The van der Waals surface area contributed by atoms with Crippen molar-refractivity contribution in [2.24, 2.45) is 0 Å². The van der Waals surface area contributed by atoms with Crippen molar-refractivity contribution >= 4 is 22.0 Å². The van der Waals surface area contributed by atoms with Crippen LogP contribution in [0, 0.1) is 6.92 Å². The number of nitrogens with two attached hydrogens (primary N) is 1. The van der Waals surface area contributed by atoms with Crippen molar-refractivity contribution in [3.8, 4) is 10.7 Å². The molecule has 7 heteroatoms. The molecule has 0 saturated heterocycles. The Labute approximate surface area is 94.8 Å². The Morgan fingerprint density at radius 1 is 1.38 bits per heavy atom. The van der Waals surface area contributed by atoms with Gasteiger partial charge in [-0.1, -0.05) is 11.3 Å². The number of nitrogen functional groups attached to an aromatic ring is 1. The van der Waals surface area contributed by atoms with Crippen LogP contribution in [-0.4, -0.2) is 24.8 Å². The first-order valence-electron chi connectivity index (χ1n) is 4.65. The molecule has 0 saturated carbocycles. The highest BCUT2D eigenvalue weighted by atomic mass is 32.1. The third-order valence-corrected chi connectivity index (χ3v) is 3.09. The first-order chi connectivity index (χ1) is 7.75. The number of rotatable bonds is 1. The molecule has 0 aliphatic heterocycles. The van der Waals surface area contributed by atoms with Crippen LogP contribution in [0.2, 0.25) is 0 Å². The van der Waals surface area contributed by atoms with Gasteiger partial charge in [-0.15, -0.1) is 10.2 Å². The third kappa shape index (κ3) is 1.25. The molecule has 6 nitrogen and oxygen atoms in total. The van der Waals surface area contributed by atoms with Gasteiger partial charge in [-0.3, -0.25) is 4.98 Å². The molecule has 0 unspecified atom stereocenters. The summed E-state index contributed by atoms with van der Waals surface area (Å²) < 4.78 is 1.69. The lowest BCUT2D eigenvalue weighted by molar-refractivity contribution is 0.896. The van der Waals surface area contributed by atoms with Gasteiger partial charge in [0.2, 0.25) is 4.96 Å². The molecule has 0 aliphatic rings. The zero-order chi connectivity index (χ0) is 11.1. The quantitative estimate of drug-likeness (QED) is 0.680. The second-order valence-electron chi connectivity index (χ2n) is 3.29. The fourth-order valence-corrected chi connectivity index (χ4v) is 2.31. The van der Waals surface area contributed by atoms with Crippen molar-refractivity contribution in [3.63, 3.8) is 0 Å². The predicted molar refractivity (Wildman–Crippen MR) is 61.0 cm³/mol. The summed E-state index contributed by atoms with van der Waals surface area (Å²) in [5, 5.41) is 13.0. The Hall–Kier alpha value is -2.02. The van der Waals surface area contributed by atoms with Gasteiger partial charge in [0.05, 0.1) is 5.69 Å². The van der Waals surface area contributed by atoms with E-state index in [0.717, 1.165) is 15.8 Å². The highest BCUT2D eigenvalue weighted by molar-refractivity contribution is 7.19. The highest BCUT2D eigenvalue weighted by Crippen LogP contribution is 2.27. The van der Waals surface area contributed by atoms with Crippen LogP contribution >= 0.6 is 11.3 Å². The Bertz CT molecular complexity index is 655. The molecule has 2 N–H and O–H groups in total. The Morgan fingerprint density at radius 2 is 2.25 bits per heavy atom. The molecule has 0 aliphatic carbocycles. The Kier molecular flexibility index (Phi) is 1.87. The molecule has 3 rings (SSSR count). The summed E-state index contributed by atoms with van der Waals surface area (Å²) in [5.41, 5.74) is 7.15. The molecule has 0 fully saturated rings. The number of fused-ring (bicyclic) bond motifs is 1. The first kappa shape index (κ1) is 9.22. The van der Waals surface area contributed by atoms with Crippen molar-refractivity contribution in [3.05, 3.63) is 24.2 Å². The van der Waals surface area contributed by atoms with Crippen LogP contribution in [0.5, 0.6) is 0 Å². The van der Waals surface area contributed by atoms with Gasteiger partial charge in [-0.05, 0) is 19.1 Å². The second-order valence-corrected chi connectivity index (χ2v) is 4.25. The molecular formula is C9H8N6S. The summed E-state index contributed by atoms with van der Waals surface area (Å²) in [6.07, 6.45) is 1.70. The SMILES string of the molecule is Cc1nnc2sc(-c3ncccc3N)nn12. The van der Waals surface area contributed by atoms with Gasteiger partial charge in [0, 0.05) is 6.20 Å². The van der Waals surface area contributed by atoms with Gasteiger partial charge in [0.25, 0.3) is 0 Å². The van der Waals surface area contributed by atoms with Gasteiger partial charge in [-0.25, -0.2) is 0 Å². The van der Waals surface area contributed by atoms with E-state index in [9.17, 15) is 0 Å². The zero-order valence-electron chi connectivity index (χ0n) is 8.45. The largest absolute Gasteiger partial charge is 0.397 e. The molecule has 0 bridgehead atoms. The molecule has 0 amide bonds. The van der Waals surface area contributed by atoms with Crippen molar-refractivity contribution in [1.29, 1.82) is 0 Å². The van der Waals surface area contributed by atoms with Crippen LogP contribution < -0.4 is 5.73 Å². The normalized spacial score (nSPS) is 11.1. The fourth-order valence-electron chi connectivity index (χ4n) is 1.41. The molecule has 0 aromatic carbocycles. The Balaban J connectivity index is 2.23. The van der Waals surface area contributed by atoms with E-state index in [1.807, 2.05) is 6.92 Å². The second kappa shape index (κ2) is 3.24. The van der Waals surface area contributed by atoms with Crippen LogP contribution in [0.4, 0.5) is 5.69 Å². The zero-order valence-corrected chi connectivity index (χ0v) is 9.27. The van der Waals surface area contributed by atoms with Gasteiger partial charge in [0.15, 0.2) is 10.8 Å². The van der Waals surface area contributed by atoms with E-state index in [-0.39, 0.29) is 0 Å². The summed E-state index contributed by atoms with van der Waals surface area (Å²) >= 11 is 1.42. The number of hydrogen-bond acceptors (Lipinski definition) is 6. The third-order valence-electron chi connectivity index (χ3n) is 2.19. The van der Waals surface area contributed by atoms with Gasteiger partial charge >= 0.3 is 0 Å². The number of aromatic nitrogens is 5. The smallest absolute Gasteiger partial charge is 0.235 e. The lowest BCUT2D eigenvalue weighted by Crippen LogP contribution is -1.94. The standard InChI is InChI=1S/C9H8N6S/c1-5-12-13-9-15(5)14-8(16-9)7-6(10)3-2-4-11-7/h2-4H,10H2,1H3. The van der Waals surface area contributed by atoms with E-state index in [4.69, 9.17) is 5.73 Å². The molecule has 3 aromatic rings. The maximum Gasteiger partial charge on any atom is 0.235 e. The lowest BCUT2D eigenvalue weighted by atomic mass is 10.3. The van der Waals surface area contributed by atoms with Gasteiger partial charge in [0.1, 0.15) is 5.69 Å². The number of hydrogen-bond donors (Lipinski definition) is 1. The summed E-state index contributed by atoms with van der Waals surface area (Å²) in [5.74, 6) is 0.756. The summed E-state index contributed by atoms with van der Waals surface area (Å²) in [7, 11) is 0. The molecule has 16 heavy (non-hydrogen) atoms. The molecular weight excluding hydrogens is 224 g/mol. The van der Waals surface area contributed by atoms with E-state index >= 15 is 0 Å². The van der Waals surface area contributed by atoms with Crippen LogP contribution in [0.15, 0.2) is 18.3 Å². The van der Waals surface area contributed by atoms with E-state index < -0.39 is 0 Å². The monoisotopic (exact) mass is 232 g/mol. The van der Waals surface area contributed by atoms with Crippen molar-refractivity contribution < 1.29 is 0 Å². The van der Waals surface area contributed by atoms with Crippen LogP contribution in [0.1, 0.15) is 5.82 Å². The summed E-state index contributed by atoms with van der Waals surface area (Å²) in [6, 6.07) is 3.60. The minimum Gasteiger partial charge on any atom is -0.397 e. The number of anilines is 1. The molecule has 0 spiro atoms. The average Bonchev–Trinajstić information content (AvgIpc) is 2.82. The molecule has 0 radical (unpaired) electrons. The van der Waals surface area contributed by atoms with Crippen molar-refractivity contribution in [1.82, 2.24) is 24.8 Å². The lowest BCUT2D eigenvalue weighted by Gasteiger charge is -1.97. The van der Waals surface area contributed by atoms with Crippen LogP contribution in [-0.2, 0) is 0 Å². The molecule has 3 aromatic heterocycles. The van der Waals surface area contributed by atoms with Crippen molar-refractivity contribution in [2.45, 2.75) is 6.92 Å². The van der Waals surface area contributed by atoms with Crippen LogP contribution in [0.25, 0.3) is 15.7 Å². The maximum atomic E-state index is 5.84. The first-order valence-corrected chi connectivity index (χ1v) is 5.47. The molecule has 80 valence electrons. The summed E-state index contributed by atoms with van der Waals surface area (Å²) in [4.78, 5) is 4.96. The molecule has 0 atom stereocenters. The van der Waals surface area contributed by atoms with E-state index in [1.165, 1.54) is 11.3 Å². The topological polar surface area (TPSA) is 82.0 Å². The predicted octanol–water partition coefficient (Wildman–Crippen LogP) is 1.14. The van der Waals surface area contributed by atoms with Crippen molar-refractivity contribution in [2.75, 3.05) is 5.73 Å². The van der Waals surface area contributed by atoms with Gasteiger partial charge < -0.3 is 5.73 Å². The van der Waals surface area contributed by atoms with E-state index in [1.54, 1.807) is 22.8 Å². The van der Waals surface area contributed by atoms with Crippen LogP contribution in [0.3, 0.4) is 0 Å². The number of nitrogens with zero attached hydrogens (tertiary/aromatic N) is 5. The maximum absolute atomic E-state index is 5.84. The highest BCUT2D eigenvalue weighted by Gasteiger charge is 2.12. The number of aryl methyl sites for hydroxylation is 1. The fraction of sp³-hybridized carbons (Fsp3) is 0.111. The molecule has 3 heterocycles.